The minimum atomic E-state index is -0.453. The Bertz CT molecular complexity index is 895. The first-order valence-corrected chi connectivity index (χ1v) is 8.83. The molecule has 1 amide bonds. The fraction of sp³-hybridized carbons (Fsp3) is 0.450. The van der Waals surface area contributed by atoms with E-state index in [0.717, 1.165) is 18.4 Å². The number of carbonyl (C=O) groups is 1. The molecule has 1 aromatic heterocycles. The summed E-state index contributed by atoms with van der Waals surface area (Å²) in [5.74, 6) is 0.0224. The molecule has 1 aliphatic carbocycles. The average molecular weight is 357 g/mol. The van der Waals surface area contributed by atoms with Gasteiger partial charge in [0.1, 0.15) is 17.3 Å². The molecule has 138 valence electrons. The Hall–Kier alpha value is -2.50. The molecule has 0 aliphatic heterocycles. The van der Waals surface area contributed by atoms with Gasteiger partial charge in [0.05, 0.1) is 6.04 Å². The van der Waals surface area contributed by atoms with E-state index in [1.54, 1.807) is 6.92 Å². The van der Waals surface area contributed by atoms with E-state index in [2.05, 4.69) is 15.3 Å². The summed E-state index contributed by atoms with van der Waals surface area (Å²) < 4.78 is 14.5. The van der Waals surface area contributed by atoms with Crippen molar-refractivity contribution in [2.24, 2.45) is 5.41 Å². The Morgan fingerprint density at radius 3 is 2.54 bits per heavy atom. The summed E-state index contributed by atoms with van der Waals surface area (Å²) in [5.41, 5.74) is 0.777. The third-order valence-corrected chi connectivity index (χ3v) is 4.61. The summed E-state index contributed by atoms with van der Waals surface area (Å²) in [4.78, 5) is 30.8. The van der Waals surface area contributed by atoms with E-state index in [-0.39, 0.29) is 22.5 Å². The van der Waals surface area contributed by atoms with Gasteiger partial charge in [0, 0.05) is 6.07 Å². The molecule has 1 fully saturated rings. The standard InChI is InChI=1S/C20H24FN3O2/c1-11-22-16(10-17(25)23-11)19(26)24-18(20(2,3)4)13-7-8-14(12-5-6-12)15(21)9-13/h7-10,12,18H,5-6H2,1-4H3,(H,24,26)(H,22,23,25)/t18-/m0/s1. The molecule has 0 spiro atoms. The molecule has 1 aromatic carbocycles. The smallest absolute Gasteiger partial charge is 0.270 e. The molecule has 1 heterocycles. The number of halogens is 1. The van der Waals surface area contributed by atoms with Gasteiger partial charge in [-0.2, -0.15) is 0 Å². The summed E-state index contributed by atoms with van der Waals surface area (Å²) in [6.07, 6.45) is 2.06. The maximum Gasteiger partial charge on any atom is 0.270 e. The highest BCUT2D eigenvalue weighted by molar-refractivity contribution is 5.92. The van der Waals surface area contributed by atoms with Gasteiger partial charge in [0.15, 0.2) is 0 Å². The summed E-state index contributed by atoms with van der Waals surface area (Å²) in [5, 5.41) is 2.91. The van der Waals surface area contributed by atoms with Crippen LogP contribution >= 0.6 is 0 Å². The summed E-state index contributed by atoms with van der Waals surface area (Å²) in [7, 11) is 0. The Kier molecular flexibility index (Phi) is 4.69. The molecule has 0 saturated heterocycles. The lowest BCUT2D eigenvalue weighted by atomic mass is 9.82. The van der Waals surface area contributed by atoms with E-state index < -0.39 is 11.9 Å². The molecule has 2 N–H and O–H groups in total. The van der Waals surface area contributed by atoms with Gasteiger partial charge in [0.2, 0.25) is 0 Å². The van der Waals surface area contributed by atoms with Crippen LogP contribution in [0.2, 0.25) is 0 Å². The minimum absolute atomic E-state index is 0.0515. The van der Waals surface area contributed by atoms with Crippen molar-refractivity contribution >= 4 is 5.91 Å². The lowest BCUT2D eigenvalue weighted by molar-refractivity contribution is 0.0896. The molecule has 2 aromatic rings. The fourth-order valence-corrected chi connectivity index (χ4v) is 3.15. The molecule has 1 aliphatic rings. The maximum absolute atomic E-state index is 14.5. The Morgan fingerprint density at radius 1 is 1.31 bits per heavy atom. The van der Waals surface area contributed by atoms with Crippen LogP contribution in [0.15, 0.2) is 29.1 Å². The van der Waals surface area contributed by atoms with Crippen LogP contribution in [0.25, 0.3) is 0 Å². The first-order valence-electron chi connectivity index (χ1n) is 8.83. The number of hydrogen-bond donors (Lipinski definition) is 2. The van der Waals surface area contributed by atoms with Crippen LogP contribution in [0, 0.1) is 18.2 Å². The number of amides is 1. The first kappa shape index (κ1) is 18.3. The molecule has 3 rings (SSSR count). The van der Waals surface area contributed by atoms with E-state index in [1.807, 2.05) is 32.9 Å². The van der Waals surface area contributed by atoms with E-state index >= 15 is 0 Å². The molecule has 0 radical (unpaired) electrons. The molecule has 26 heavy (non-hydrogen) atoms. The highest BCUT2D eigenvalue weighted by atomic mass is 19.1. The highest BCUT2D eigenvalue weighted by Gasteiger charge is 2.31. The molecule has 1 atom stereocenters. The Morgan fingerprint density at radius 2 is 2.00 bits per heavy atom. The number of aromatic amines is 1. The molecule has 6 heteroatoms. The fourth-order valence-electron chi connectivity index (χ4n) is 3.15. The van der Waals surface area contributed by atoms with Crippen molar-refractivity contribution in [1.82, 2.24) is 15.3 Å². The lowest BCUT2D eigenvalue weighted by Crippen LogP contribution is -2.37. The number of hydrogen-bond acceptors (Lipinski definition) is 3. The van der Waals surface area contributed by atoms with Gasteiger partial charge in [-0.1, -0.05) is 32.9 Å². The zero-order valence-corrected chi connectivity index (χ0v) is 15.5. The van der Waals surface area contributed by atoms with Crippen molar-refractivity contribution in [3.8, 4) is 0 Å². The van der Waals surface area contributed by atoms with Crippen molar-refractivity contribution < 1.29 is 9.18 Å². The van der Waals surface area contributed by atoms with E-state index in [4.69, 9.17) is 0 Å². The molecule has 1 saturated carbocycles. The third-order valence-electron chi connectivity index (χ3n) is 4.61. The predicted octanol–water partition coefficient (Wildman–Crippen LogP) is 3.61. The second-order valence-corrected chi connectivity index (χ2v) is 8.04. The number of H-pyrrole nitrogens is 1. The van der Waals surface area contributed by atoms with E-state index in [9.17, 15) is 14.0 Å². The zero-order chi connectivity index (χ0) is 19.1. The van der Waals surface area contributed by atoms with Gasteiger partial charge in [-0.05, 0) is 48.3 Å². The molecule has 0 unspecified atom stereocenters. The number of rotatable bonds is 4. The monoisotopic (exact) mass is 357 g/mol. The van der Waals surface area contributed by atoms with Crippen LogP contribution < -0.4 is 10.9 Å². The minimum Gasteiger partial charge on any atom is -0.343 e. The van der Waals surface area contributed by atoms with Gasteiger partial charge in [-0.3, -0.25) is 9.59 Å². The second kappa shape index (κ2) is 6.67. The molecular weight excluding hydrogens is 333 g/mol. The third kappa shape index (κ3) is 4.00. The number of benzene rings is 1. The van der Waals surface area contributed by atoms with Crippen molar-refractivity contribution in [2.45, 2.75) is 52.5 Å². The molecule has 5 nitrogen and oxygen atoms in total. The first-order chi connectivity index (χ1) is 12.1. The van der Waals surface area contributed by atoms with Gasteiger partial charge in [-0.25, -0.2) is 9.37 Å². The largest absolute Gasteiger partial charge is 0.343 e. The summed E-state index contributed by atoms with van der Waals surface area (Å²) in [6.45, 7) is 7.54. The molecular formula is C20H24FN3O2. The second-order valence-electron chi connectivity index (χ2n) is 8.04. The zero-order valence-electron chi connectivity index (χ0n) is 15.5. The van der Waals surface area contributed by atoms with Crippen LogP contribution in [-0.4, -0.2) is 15.9 Å². The number of aromatic nitrogens is 2. The summed E-state index contributed by atoms with van der Waals surface area (Å²) >= 11 is 0. The number of nitrogens with one attached hydrogen (secondary N) is 2. The quantitative estimate of drug-likeness (QED) is 0.878. The van der Waals surface area contributed by atoms with Gasteiger partial charge < -0.3 is 10.3 Å². The van der Waals surface area contributed by atoms with Crippen LogP contribution in [0.3, 0.4) is 0 Å². The Labute approximate surface area is 152 Å². The van der Waals surface area contributed by atoms with Crippen molar-refractivity contribution in [3.63, 3.8) is 0 Å². The maximum atomic E-state index is 14.5. The van der Waals surface area contributed by atoms with Crippen LogP contribution in [-0.2, 0) is 0 Å². The van der Waals surface area contributed by atoms with E-state index in [0.29, 0.717) is 17.3 Å². The van der Waals surface area contributed by atoms with Crippen molar-refractivity contribution in [1.29, 1.82) is 0 Å². The number of nitrogens with zero attached hydrogens (tertiary/aromatic N) is 1. The van der Waals surface area contributed by atoms with Crippen molar-refractivity contribution in [2.75, 3.05) is 0 Å². The van der Waals surface area contributed by atoms with Gasteiger partial charge >= 0.3 is 0 Å². The lowest BCUT2D eigenvalue weighted by Gasteiger charge is -2.32. The SMILES string of the molecule is Cc1nc(C(=O)N[C@@H](c2ccc(C3CC3)c(F)c2)C(C)(C)C)cc(=O)[nH]1. The topological polar surface area (TPSA) is 74.8 Å². The van der Waals surface area contributed by atoms with Crippen LogP contribution in [0.1, 0.15) is 73.0 Å². The van der Waals surface area contributed by atoms with Gasteiger partial charge in [-0.15, -0.1) is 0 Å². The molecule has 0 bridgehead atoms. The number of aryl methyl sites for hydroxylation is 1. The predicted molar refractivity (Wildman–Crippen MR) is 97.6 cm³/mol. The normalized spacial score (nSPS) is 15.6. The van der Waals surface area contributed by atoms with Gasteiger partial charge in [0.25, 0.3) is 11.5 Å². The average Bonchev–Trinajstić information content (AvgIpc) is 3.35. The highest BCUT2D eigenvalue weighted by Crippen LogP contribution is 2.42. The summed E-state index contributed by atoms with van der Waals surface area (Å²) in [6, 6.07) is 5.96. The van der Waals surface area contributed by atoms with Crippen LogP contribution in [0.5, 0.6) is 0 Å². The van der Waals surface area contributed by atoms with Crippen molar-refractivity contribution in [3.05, 3.63) is 63.1 Å². The van der Waals surface area contributed by atoms with E-state index in [1.165, 1.54) is 12.1 Å². The Balaban J connectivity index is 1.90. The van der Waals surface area contributed by atoms with Crippen LogP contribution in [0.4, 0.5) is 4.39 Å². The number of carbonyl (C=O) groups excluding carboxylic acids is 1.